The second-order valence-electron chi connectivity index (χ2n) is 3.77. The van der Waals surface area contributed by atoms with E-state index in [2.05, 4.69) is 0 Å². The molecule has 2 aromatic rings. The van der Waals surface area contributed by atoms with Crippen molar-refractivity contribution in [1.82, 2.24) is 0 Å². The molecule has 2 rings (SSSR count). The maximum absolute atomic E-state index is 12.2. The zero-order chi connectivity index (χ0) is 12.4. The molecule has 0 saturated carbocycles. The average Bonchev–Trinajstić information content (AvgIpc) is 2.28. The Hall–Kier alpha value is -2.49. The van der Waals surface area contributed by atoms with Gasteiger partial charge in [0.25, 0.3) is 0 Å². The monoisotopic (exact) mass is 227 g/mol. The molecule has 0 aliphatic heterocycles. The standard InChI is InChI=1S/C13H13N3O/c14-9-4-1-3-8(7-9)13(17)12-10(15)5-2-6-11(12)16/h1-7H,14-16H2. The summed E-state index contributed by atoms with van der Waals surface area (Å²) in [5, 5.41) is 0. The molecule has 0 heterocycles. The van der Waals surface area contributed by atoms with E-state index in [-0.39, 0.29) is 5.78 Å². The van der Waals surface area contributed by atoms with Crippen LogP contribution in [0.15, 0.2) is 42.5 Å². The minimum atomic E-state index is -0.215. The zero-order valence-electron chi connectivity index (χ0n) is 9.18. The highest BCUT2D eigenvalue weighted by molar-refractivity contribution is 6.15. The van der Waals surface area contributed by atoms with Crippen molar-refractivity contribution in [2.75, 3.05) is 17.2 Å². The summed E-state index contributed by atoms with van der Waals surface area (Å²) in [5.74, 6) is -0.215. The third-order valence-corrected chi connectivity index (χ3v) is 2.50. The summed E-state index contributed by atoms with van der Waals surface area (Å²) in [6, 6.07) is 11.7. The number of ketones is 1. The molecule has 0 saturated heterocycles. The molecule has 0 fully saturated rings. The number of carbonyl (C=O) groups excluding carboxylic acids is 1. The Labute approximate surface area is 99.0 Å². The van der Waals surface area contributed by atoms with Crippen LogP contribution in [0.3, 0.4) is 0 Å². The first-order valence-corrected chi connectivity index (χ1v) is 5.14. The van der Waals surface area contributed by atoms with Gasteiger partial charge in [0.2, 0.25) is 0 Å². The van der Waals surface area contributed by atoms with E-state index in [0.717, 1.165) is 0 Å². The maximum atomic E-state index is 12.2. The van der Waals surface area contributed by atoms with Crippen LogP contribution in [-0.4, -0.2) is 5.78 Å². The molecule has 0 aliphatic carbocycles. The summed E-state index contributed by atoms with van der Waals surface area (Å²) < 4.78 is 0. The van der Waals surface area contributed by atoms with E-state index in [1.165, 1.54) is 0 Å². The predicted octanol–water partition coefficient (Wildman–Crippen LogP) is 1.66. The molecule has 2 aromatic carbocycles. The van der Waals surface area contributed by atoms with Crippen molar-refractivity contribution in [3.63, 3.8) is 0 Å². The Morgan fingerprint density at radius 1 is 0.882 bits per heavy atom. The fourth-order valence-corrected chi connectivity index (χ4v) is 1.68. The van der Waals surface area contributed by atoms with Gasteiger partial charge in [-0.3, -0.25) is 4.79 Å². The van der Waals surface area contributed by atoms with E-state index < -0.39 is 0 Å². The maximum Gasteiger partial charge on any atom is 0.197 e. The Kier molecular flexibility index (Phi) is 2.70. The minimum Gasteiger partial charge on any atom is -0.399 e. The van der Waals surface area contributed by atoms with Crippen molar-refractivity contribution >= 4 is 22.8 Å². The number of carbonyl (C=O) groups is 1. The molecule has 0 atom stereocenters. The minimum absolute atomic E-state index is 0.215. The fraction of sp³-hybridized carbons (Fsp3) is 0. The van der Waals surface area contributed by atoms with Gasteiger partial charge >= 0.3 is 0 Å². The van der Waals surface area contributed by atoms with Crippen LogP contribution in [-0.2, 0) is 0 Å². The van der Waals surface area contributed by atoms with Crippen molar-refractivity contribution in [2.24, 2.45) is 0 Å². The number of benzene rings is 2. The van der Waals surface area contributed by atoms with Crippen LogP contribution in [0.1, 0.15) is 15.9 Å². The molecule has 6 N–H and O–H groups in total. The van der Waals surface area contributed by atoms with Crippen molar-refractivity contribution in [3.8, 4) is 0 Å². The van der Waals surface area contributed by atoms with Crippen molar-refractivity contribution in [2.45, 2.75) is 0 Å². The number of nitrogen functional groups attached to an aromatic ring is 3. The summed E-state index contributed by atoms with van der Waals surface area (Å²) in [5.41, 5.74) is 19.3. The second-order valence-corrected chi connectivity index (χ2v) is 3.77. The van der Waals surface area contributed by atoms with Gasteiger partial charge in [0, 0.05) is 22.6 Å². The Bertz CT molecular complexity index is 558. The summed E-state index contributed by atoms with van der Waals surface area (Å²) in [7, 11) is 0. The lowest BCUT2D eigenvalue weighted by Gasteiger charge is -2.08. The van der Waals surface area contributed by atoms with Gasteiger partial charge < -0.3 is 17.2 Å². The molecular weight excluding hydrogens is 214 g/mol. The van der Waals surface area contributed by atoms with Gasteiger partial charge in [0.1, 0.15) is 0 Å². The molecule has 0 bridgehead atoms. The van der Waals surface area contributed by atoms with Crippen LogP contribution in [0.2, 0.25) is 0 Å². The van der Waals surface area contributed by atoms with Gasteiger partial charge in [0.15, 0.2) is 5.78 Å². The van der Waals surface area contributed by atoms with Gasteiger partial charge in [-0.05, 0) is 24.3 Å². The van der Waals surface area contributed by atoms with E-state index in [1.54, 1.807) is 42.5 Å². The highest BCUT2D eigenvalue weighted by atomic mass is 16.1. The molecule has 17 heavy (non-hydrogen) atoms. The van der Waals surface area contributed by atoms with E-state index in [9.17, 15) is 4.79 Å². The summed E-state index contributed by atoms with van der Waals surface area (Å²) in [6.45, 7) is 0. The largest absolute Gasteiger partial charge is 0.399 e. The molecule has 86 valence electrons. The van der Waals surface area contributed by atoms with Gasteiger partial charge in [-0.2, -0.15) is 0 Å². The Morgan fingerprint density at radius 2 is 1.47 bits per heavy atom. The van der Waals surface area contributed by atoms with Crippen LogP contribution < -0.4 is 17.2 Å². The average molecular weight is 227 g/mol. The molecule has 0 unspecified atom stereocenters. The lowest BCUT2D eigenvalue weighted by molar-refractivity contribution is 0.104. The lowest BCUT2D eigenvalue weighted by atomic mass is 10.00. The van der Waals surface area contributed by atoms with Crippen LogP contribution >= 0.6 is 0 Å². The summed E-state index contributed by atoms with van der Waals surface area (Å²) in [6.07, 6.45) is 0. The van der Waals surface area contributed by atoms with Crippen molar-refractivity contribution < 1.29 is 4.79 Å². The number of hydrogen-bond donors (Lipinski definition) is 3. The predicted molar refractivity (Wildman–Crippen MR) is 69.6 cm³/mol. The number of anilines is 3. The third-order valence-electron chi connectivity index (χ3n) is 2.50. The summed E-state index contributed by atoms with van der Waals surface area (Å²) in [4.78, 5) is 12.2. The molecule has 4 heteroatoms. The van der Waals surface area contributed by atoms with Crippen molar-refractivity contribution in [1.29, 1.82) is 0 Å². The molecule has 0 radical (unpaired) electrons. The van der Waals surface area contributed by atoms with E-state index in [4.69, 9.17) is 17.2 Å². The summed E-state index contributed by atoms with van der Waals surface area (Å²) >= 11 is 0. The first-order chi connectivity index (χ1) is 8.09. The van der Waals surface area contributed by atoms with E-state index in [1.807, 2.05) is 0 Å². The topological polar surface area (TPSA) is 95.1 Å². The SMILES string of the molecule is Nc1cccc(C(=O)c2c(N)cccc2N)c1. The highest BCUT2D eigenvalue weighted by Gasteiger charge is 2.15. The Morgan fingerprint density at radius 3 is 2.06 bits per heavy atom. The quantitative estimate of drug-likeness (QED) is 0.537. The molecule has 0 aromatic heterocycles. The van der Waals surface area contributed by atoms with Crippen LogP contribution in [0.4, 0.5) is 17.1 Å². The normalized spacial score (nSPS) is 10.1. The first kappa shape index (κ1) is 11.0. The molecule has 0 aliphatic rings. The van der Waals surface area contributed by atoms with Crippen molar-refractivity contribution in [3.05, 3.63) is 53.6 Å². The fourth-order valence-electron chi connectivity index (χ4n) is 1.68. The highest BCUT2D eigenvalue weighted by Crippen LogP contribution is 2.23. The van der Waals surface area contributed by atoms with Crippen LogP contribution in [0.25, 0.3) is 0 Å². The number of rotatable bonds is 2. The van der Waals surface area contributed by atoms with Gasteiger partial charge in [-0.25, -0.2) is 0 Å². The molecular formula is C13H13N3O. The van der Waals surface area contributed by atoms with Gasteiger partial charge in [-0.15, -0.1) is 0 Å². The van der Waals surface area contributed by atoms with Crippen LogP contribution in [0.5, 0.6) is 0 Å². The third kappa shape index (κ3) is 2.06. The number of hydrogen-bond acceptors (Lipinski definition) is 4. The number of nitrogens with two attached hydrogens (primary N) is 3. The molecule has 4 nitrogen and oxygen atoms in total. The van der Waals surface area contributed by atoms with E-state index >= 15 is 0 Å². The smallest absolute Gasteiger partial charge is 0.197 e. The Balaban J connectivity index is 2.51. The molecule has 0 spiro atoms. The molecule has 0 amide bonds. The first-order valence-electron chi connectivity index (χ1n) is 5.14. The zero-order valence-corrected chi connectivity index (χ0v) is 9.18. The van der Waals surface area contributed by atoms with Gasteiger partial charge in [0.05, 0.1) is 5.56 Å². The van der Waals surface area contributed by atoms with Gasteiger partial charge in [-0.1, -0.05) is 18.2 Å². The van der Waals surface area contributed by atoms with E-state index in [0.29, 0.717) is 28.2 Å². The second kappa shape index (κ2) is 4.17. The van der Waals surface area contributed by atoms with Crippen LogP contribution in [0, 0.1) is 0 Å². The lowest BCUT2D eigenvalue weighted by Crippen LogP contribution is -2.09.